The second kappa shape index (κ2) is 4.97. The Morgan fingerprint density at radius 1 is 1.47 bits per heavy atom. The maximum Gasteiger partial charge on any atom is 0.251 e. The van der Waals surface area contributed by atoms with E-state index in [1.165, 1.54) is 7.05 Å². The molecule has 0 radical (unpaired) electrons. The predicted octanol–water partition coefficient (Wildman–Crippen LogP) is 0.798. The summed E-state index contributed by atoms with van der Waals surface area (Å²) < 4.78 is 0. The Morgan fingerprint density at radius 2 is 2.16 bits per heavy atom. The normalized spacial score (nSPS) is 18.8. The van der Waals surface area contributed by atoms with Crippen molar-refractivity contribution in [3.63, 3.8) is 0 Å². The quantitative estimate of drug-likeness (QED) is 0.631. The van der Waals surface area contributed by atoms with Gasteiger partial charge in [0.05, 0.1) is 6.42 Å². The van der Waals surface area contributed by atoms with E-state index in [4.69, 9.17) is 18.0 Å². The van der Waals surface area contributed by atoms with Crippen molar-refractivity contribution < 1.29 is 9.59 Å². The lowest BCUT2D eigenvalue weighted by Crippen LogP contribution is -2.31. The molecule has 2 amide bonds. The Hall–Kier alpha value is -1.95. The molecule has 6 heteroatoms. The molecule has 1 aliphatic heterocycles. The average Bonchev–Trinajstić information content (AvgIpc) is 2.57. The number of likely N-dealkylation sites (tertiary alicyclic amines) is 1. The number of aryl methyl sites for hydroxylation is 1. The van der Waals surface area contributed by atoms with Gasteiger partial charge >= 0.3 is 0 Å². The van der Waals surface area contributed by atoms with Gasteiger partial charge in [-0.3, -0.25) is 14.5 Å². The summed E-state index contributed by atoms with van der Waals surface area (Å²) in [5.41, 5.74) is 8.11. The van der Waals surface area contributed by atoms with Crippen molar-refractivity contribution in [1.82, 2.24) is 4.90 Å². The predicted molar refractivity (Wildman–Crippen MR) is 76.9 cm³/mol. The molecule has 1 heterocycles. The Bertz CT molecular complexity index is 571. The number of nitrogens with one attached hydrogen (secondary N) is 1. The number of thiocarbonyl (C=S) groups is 1. The number of hydrogen-bond donors (Lipinski definition) is 2. The standard InChI is InChI=1S/C13H15N3O2S/c1-7-5-8(3-4-9(7)12(14)19)15-10-6-11(17)16(2)13(10)18/h3-5,10,15H,6H2,1-2H3,(H2,14,19). The fourth-order valence-corrected chi connectivity index (χ4v) is 2.33. The number of anilines is 1. The number of imide groups is 1. The van der Waals surface area contributed by atoms with Crippen LogP contribution in [-0.2, 0) is 9.59 Å². The smallest absolute Gasteiger partial charge is 0.251 e. The average molecular weight is 277 g/mol. The summed E-state index contributed by atoms with van der Waals surface area (Å²) in [7, 11) is 1.49. The summed E-state index contributed by atoms with van der Waals surface area (Å²) >= 11 is 4.94. The SMILES string of the molecule is Cc1cc(NC2CC(=O)N(C)C2=O)ccc1C(N)=S. The zero-order chi connectivity index (χ0) is 14.2. The van der Waals surface area contributed by atoms with Crippen LogP contribution in [0.25, 0.3) is 0 Å². The molecule has 0 bridgehead atoms. The van der Waals surface area contributed by atoms with Gasteiger partial charge in [-0.05, 0) is 30.7 Å². The highest BCUT2D eigenvalue weighted by molar-refractivity contribution is 7.80. The molecule has 1 unspecified atom stereocenters. The molecule has 3 N–H and O–H groups in total. The fraction of sp³-hybridized carbons (Fsp3) is 0.308. The zero-order valence-electron chi connectivity index (χ0n) is 10.8. The summed E-state index contributed by atoms with van der Waals surface area (Å²) in [6.07, 6.45) is 0.186. The molecule has 1 saturated heterocycles. The van der Waals surface area contributed by atoms with Crippen LogP contribution in [0.4, 0.5) is 5.69 Å². The molecule has 2 rings (SSSR count). The van der Waals surface area contributed by atoms with Gasteiger partial charge in [-0.25, -0.2) is 0 Å². The van der Waals surface area contributed by atoms with Crippen LogP contribution >= 0.6 is 12.2 Å². The van der Waals surface area contributed by atoms with Gasteiger partial charge in [-0.1, -0.05) is 12.2 Å². The molecular weight excluding hydrogens is 262 g/mol. The Morgan fingerprint density at radius 3 is 2.63 bits per heavy atom. The van der Waals surface area contributed by atoms with Crippen LogP contribution in [0.1, 0.15) is 17.5 Å². The first kappa shape index (κ1) is 13.5. The first-order valence-electron chi connectivity index (χ1n) is 5.87. The van der Waals surface area contributed by atoms with E-state index in [1.807, 2.05) is 19.1 Å². The van der Waals surface area contributed by atoms with E-state index < -0.39 is 6.04 Å². The number of benzene rings is 1. The van der Waals surface area contributed by atoms with E-state index in [2.05, 4.69) is 5.32 Å². The van der Waals surface area contributed by atoms with E-state index in [9.17, 15) is 9.59 Å². The molecule has 0 aliphatic carbocycles. The van der Waals surface area contributed by atoms with Crippen molar-refractivity contribution in [2.24, 2.45) is 5.73 Å². The first-order chi connectivity index (χ1) is 8.90. The molecule has 5 nitrogen and oxygen atoms in total. The topological polar surface area (TPSA) is 75.4 Å². The second-order valence-electron chi connectivity index (χ2n) is 4.59. The van der Waals surface area contributed by atoms with Gasteiger partial charge in [0.25, 0.3) is 5.91 Å². The molecule has 19 heavy (non-hydrogen) atoms. The third-order valence-corrected chi connectivity index (χ3v) is 3.43. The largest absolute Gasteiger partial charge is 0.389 e. The number of amides is 2. The molecule has 1 aliphatic rings. The van der Waals surface area contributed by atoms with Crippen LogP contribution < -0.4 is 11.1 Å². The lowest BCUT2D eigenvalue weighted by atomic mass is 10.1. The molecule has 1 fully saturated rings. The third kappa shape index (κ3) is 2.58. The Balaban J connectivity index is 2.17. The van der Waals surface area contributed by atoms with Crippen molar-refractivity contribution in [1.29, 1.82) is 0 Å². The molecule has 1 atom stereocenters. The monoisotopic (exact) mass is 277 g/mol. The highest BCUT2D eigenvalue weighted by Gasteiger charge is 2.35. The lowest BCUT2D eigenvalue weighted by molar-refractivity contribution is -0.136. The van der Waals surface area contributed by atoms with Gasteiger partial charge in [0, 0.05) is 18.3 Å². The van der Waals surface area contributed by atoms with Crippen molar-refractivity contribution in [2.45, 2.75) is 19.4 Å². The van der Waals surface area contributed by atoms with Crippen LogP contribution in [0, 0.1) is 6.92 Å². The maximum absolute atomic E-state index is 11.8. The van der Waals surface area contributed by atoms with Crippen LogP contribution in [0.5, 0.6) is 0 Å². The number of nitrogens with zero attached hydrogens (tertiary/aromatic N) is 1. The van der Waals surface area contributed by atoms with Gasteiger partial charge < -0.3 is 11.1 Å². The number of hydrogen-bond acceptors (Lipinski definition) is 4. The van der Waals surface area contributed by atoms with Gasteiger partial charge in [0.15, 0.2) is 0 Å². The van der Waals surface area contributed by atoms with E-state index in [0.717, 1.165) is 21.7 Å². The van der Waals surface area contributed by atoms with Crippen LogP contribution in [0.2, 0.25) is 0 Å². The molecule has 0 aromatic heterocycles. The van der Waals surface area contributed by atoms with Crippen molar-refractivity contribution >= 4 is 34.7 Å². The zero-order valence-corrected chi connectivity index (χ0v) is 11.6. The molecule has 1 aromatic carbocycles. The minimum absolute atomic E-state index is 0.168. The van der Waals surface area contributed by atoms with Gasteiger partial charge in [-0.15, -0.1) is 0 Å². The summed E-state index contributed by atoms with van der Waals surface area (Å²) in [5, 5.41) is 3.06. The van der Waals surface area contributed by atoms with Crippen molar-refractivity contribution in [3.05, 3.63) is 29.3 Å². The first-order valence-corrected chi connectivity index (χ1v) is 6.28. The Kier molecular flexibility index (Phi) is 3.53. The maximum atomic E-state index is 11.8. The van der Waals surface area contributed by atoms with E-state index in [-0.39, 0.29) is 18.2 Å². The van der Waals surface area contributed by atoms with E-state index >= 15 is 0 Å². The molecule has 1 aromatic rings. The van der Waals surface area contributed by atoms with Crippen LogP contribution in [0.15, 0.2) is 18.2 Å². The third-order valence-electron chi connectivity index (χ3n) is 3.21. The van der Waals surface area contributed by atoms with Gasteiger partial charge in [0.1, 0.15) is 11.0 Å². The number of likely N-dealkylation sites (N-methyl/N-ethyl adjacent to an activating group) is 1. The molecule has 0 saturated carbocycles. The van der Waals surface area contributed by atoms with E-state index in [0.29, 0.717) is 4.99 Å². The van der Waals surface area contributed by atoms with E-state index in [1.54, 1.807) is 6.07 Å². The van der Waals surface area contributed by atoms with Crippen LogP contribution in [0.3, 0.4) is 0 Å². The highest BCUT2D eigenvalue weighted by atomic mass is 32.1. The minimum atomic E-state index is -0.493. The fourth-order valence-electron chi connectivity index (χ4n) is 2.10. The highest BCUT2D eigenvalue weighted by Crippen LogP contribution is 2.20. The minimum Gasteiger partial charge on any atom is -0.389 e. The van der Waals surface area contributed by atoms with Crippen molar-refractivity contribution in [3.8, 4) is 0 Å². The molecule has 0 spiro atoms. The summed E-state index contributed by atoms with van der Waals surface area (Å²) in [5.74, 6) is -0.375. The lowest BCUT2D eigenvalue weighted by Gasteiger charge is -2.14. The number of carbonyl (C=O) groups excluding carboxylic acids is 2. The second-order valence-corrected chi connectivity index (χ2v) is 5.03. The number of nitrogens with two attached hydrogens (primary N) is 1. The van der Waals surface area contributed by atoms with Crippen molar-refractivity contribution in [2.75, 3.05) is 12.4 Å². The molecule has 100 valence electrons. The molecular formula is C13H15N3O2S. The van der Waals surface area contributed by atoms with Crippen LogP contribution in [-0.4, -0.2) is 34.8 Å². The van der Waals surface area contributed by atoms with Gasteiger partial charge in [0.2, 0.25) is 5.91 Å². The van der Waals surface area contributed by atoms with Gasteiger partial charge in [-0.2, -0.15) is 0 Å². The number of rotatable bonds is 3. The number of carbonyl (C=O) groups is 2. The Labute approximate surface area is 116 Å². The summed E-state index contributed by atoms with van der Waals surface area (Å²) in [6, 6.07) is 4.99. The summed E-state index contributed by atoms with van der Waals surface area (Å²) in [4.78, 5) is 24.7. The summed E-state index contributed by atoms with van der Waals surface area (Å²) in [6.45, 7) is 1.90.